The third-order valence-corrected chi connectivity index (χ3v) is 10.5. The first-order chi connectivity index (χ1) is 26.7. The Hall–Kier alpha value is -5.32. The van der Waals surface area contributed by atoms with E-state index in [0.29, 0.717) is 31.4 Å². The zero-order chi connectivity index (χ0) is 40.9. The molecule has 8 N–H and O–H groups in total. The van der Waals surface area contributed by atoms with E-state index in [0.717, 1.165) is 18.5 Å². The Labute approximate surface area is 327 Å². The van der Waals surface area contributed by atoms with Gasteiger partial charge in [0.2, 0.25) is 35.4 Å². The fraction of sp³-hybridized carbons (Fsp3) is 0.590. The van der Waals surface area contributed by atoms with Crippen molar-refractivity contribution in [1.82, 2.24) is 46.8 Å². The van der Waals surface area contributed by atoms with Crippen molar-refractivity contribution in [2.24, 2.45) is 11.8 Å². The first-order valence-corrected chi connectivity index (χ1v) is 19.5. The molecule has 2 aromatic rings. The van der Waals surface area contributed by atoms with Crippen LogP contribution in [0.4, 0.5) is 0 Å². The number of aromatic amines is 1. The van der Waals surface area contributed by atoms with Crippen LogP contribution in [0.3, 0.4) is 0 Å². The summed E-state index contributed by atoms with van der Waals surface area (Å²) >= 11 is 0. The van der Waals surface area contributed by atoms with Crippen molar-refractivity contribution in [2.75, 3.05) is 13.1 Å². The monoisotopic (exact) mass is 779 g/mol. The maximum atomic E-state index is 14.2. The average Bonchev–Trinajstić information content (AvgIpc) is 3.99. The molecule has 0 radical (unpaired) electrons. The Balaban J connectivity index is 1.45. The molecule has 0 unspecified atom stereocenters. The molecule has 0 aliphatic carbocycles. The second-order valence-corrected chi connectivity index (χ2v) is 15.1. The molecule has 0 spiro atoms. The topological polar surface area (TPSA) is 244 Å². The second-order valence-electron chi connectivity index (χ2n) is 15.1. The number of hydrogen-bond acceptors (Lipinski definition) is 9. The van der Waals surface area contributed by atoms with Crippen molar-refractivity contribution in [1.29, 1.82) is 0 Å². The smallest absolute Gasteiger partial charge is 0.326 e. The van der Waals surface area contributed by atoms with Gasteiger partial charge in [0.05, 0.1) is 12.4 Å². The predicted octanol–water partition coefficient (Wildman–Crippen LogP) is 0.169. The molecule has 2 fully saturated rings. The van der Waals surface area contributed by atoms with Gasteiger partial charge < -0.3 is 46.9 Å². The van der Waals surface area contributed by atoms with Gasteiger partial charge in [-0.2, -0.15) is 0 Å². The standard InChI is InChI=1S/C39H57N9O8/c1-6-23(4)32(47-33(49)24(5)43-36(52)31(22(2)3)46-34(50)27-14-10-16-41-27)37(53)44-28(19-26-20-40-21-42-26)38(54)48-17-11-15-30(48)35(51)45-29(39(55)56)18-25-12-8-7-9-13-25/h7-9,12-13,20-24,27-32,41H,6,10-11,14-19H2,1-5H3,(H,40,42)(H,43,52)(H,44,53)(H,45,51)(H,46,50)(H,47,49)(H,55,56)/t23-,24-,27-,28-,29-,30-,31-,32-/m0/s1. The van der Waals surface area contributed by atoms with Crippen molar-refractivity contribution in [3.8, 4) is 0 Å². The molecular weight excluding hydrogens is 722 g/mol. The van der Waals surface area contributed by atoms with Gasteiger partial charge in [-0.1, -0.05) is 64.4 Å². The fourth-order valence-electron chi connectivity index (χ4n) is 6.94. The lowest BCUT2D eigenvalue weighted by atomic mass is 9.97. The summed E-state index contributed by atoms with van der Waals surface area (Å²) in [6.45, 7) is 9.61. The van der Waals surface area contributed by atoms with Gasteiger partial charge >= 0.3 is 5.97 Å². The highest BCUT2D eigenvalue weighted by atomic mass is 16.4. The summed E-state index contributed by atoms with van der Waals surface area (Å²) in [5.41, 5.74) is 1.26. The van der Waals surface area contributed by atoms with Crippen molar-refractivity contribution in [3.05, 3.63) is 54.1 Å². The van der Waals surface area contributed by atoms with Crippen LogP contribution < -0.4 is 31.9 Å². The van der Waals surface area contributed by atoms with Crippen LogP contribution in [0.25, 0.3) is 0 Å². The first-order valence-electron chi connectivity index (χ1n) is 19.5. The van der Waals surface area contributed by atoms with E-state index < -0.39 is 77.7 Å². The maximum absolute atomic E-state index is 14.2. The number of H-pyrrole nitrogens is 1. The minimum Gasteiger partial charge on any atom is -0.480 e. The second kappa shape index (κ2) is 20.6. The van der Waals surface area contributed by atoms with Crippen LogP contribution in [-0.4, -0.2) is 117 Å². The number of nitrogens with zero attached hydrogens (tertiary/aromatic N) is 2. The van der Waals surface area contributed by atoms with Crippen molar-refractivity contribution >= 4 is 41.4 Å². The van der Waals surface area contributed by atoms with Crippen LogP contribution in [0.2, 0.25) is 0 Å². The molecule has 6 amide bonds. The summed E-state index contributed by atoms with van der Waals surface area (Å²) in [5.74, 6) is -5.14. The first kappa shape index (κ1) is 43.4. The van der Waals surface area contributed by atoms with Crippen LogP contribution in [0.1, 0.15) is 78.0 Å². The number of likely N-dealkylation sites (tertiary alicyclic amines) is 1. The van der Waals surface area contributed by atoms with Gasteiger partial charge in [-0.15, -0.1) is 0 Å². The van der Waals surface area contributed by atoms with E-state index in [2.05, 4.69) is 41.9 Å². The largest absolute Gasteiger partial charge is 0.480 e. The third-order valence-electron chi connectivity index (χ3n) is 10.5. The highest BCUT2D eigenvalue weighted by Crippen LogP contribution is 2.21. The highest BCUT2D eigenvalue weighted by Gasteiger charge is 2.40. The summed E-state index contributed by atoms with van der Waals surface area (Å²) in [6, 6.07) is 2.06. The maximum Gasteiger partial charge on any atom is 0.326 e. The lowest BCUT2D eigenvalue weighted by molar-refractivity contribution is -0.145. The van der Waals surface area contributed by atoms with Crippen molar-refractivity contribution < 1.29 is 38.7 Å². The van der Waals surface area contributed by atoms with Crippen molar-refractivity contribution in [3.63, 3.8) is 0 Å². The molecule has 0 saturated carbocycles. The number of carbonyl (C=O) groups excluding carboxylic acids is 6. The van der Waals surface area contributed by atoms with E-state index in [1.165, 1.54) is 24.3 Å². The summed E-state index contributed by atoms with van der Waals surface area (Å²) in [7, 11) is 0. The average molecular weight is 780 g/mol. The van der Waals surface area contributed by atoms with E-state index in [1.54, 1.807) is 51.1 Å². The highest BCUT2D eigenvalue weighted by molar-refractivity contribution is 5.97. The number of imidazole rings is 1. The molecule has 3 heterocycles. The summed E-state index contributed by atoms with van der Waals surface area (Å²) in [4.78, 5) is 102. The molecule has 4 rings (SSSR count). The van der Waals surface area contributed by atoms with E-state index in [1.807, 2.05) is 6.92 Å². The molecular formula is C39H57N9O8. The van der Waals surface area contributed by atoms with Gasteiger partial charge in [0, 0.05) is 31.3 Å². The van der Waals surface area contributed by atoms with Gasteiger partial charge in [-0.05, 0) is 56.6 Å². The minimum absolute atomic E-state index is 0.00646. The fourth-order valence-corrected chi connectivity index (χ4v) is 6.94. The van der Waals surface area contributed by atoms with Gasteiger partial charge in [0.25, 0.3) is 0 Å². The molecule has 56 heavy (non-hydrogen) atoms. The van der Waals surface area contributed by atoms with Crippen molar-refractivity contribution in [2.45, 2.75) is 122 Å². The van der Waals surface area contributed by atoms with Crippen LogP contribution in [-0.2, 0) is 46.4 Å². The number of carbonyl (C=O) groups is 7. The summed E-state index contributed by atoms with van der Waals surface area (Å²) in [5, 5.41) is 26.6. The van der Waals surface area contributed by atoms with Gasteiger partial charge in [-0.3, -0.25) is 28.8 Å². The van der Waals surface area contributed by atoms with Gasteiger partial charge in [0.15, 0.2) is 0 Å². The van der Waals surface area contributed by atoms with Crippen LogP contribution >= 0.6 is 0 Å². The molecule has 2 aliphatic heterocycles. The number of aliphatic carboxylic acids is 1. The lowest BCUT2D eigenvalue weighted by Crippen LogP contribution is -2.61. The molecule has 2 saturated heterocycles. The normalized spacial score (nSPS) is 19.9. The quantitative estimate of drug-likeness (QED) is 0.0961. The summed E-state index contributed by atoms with van der Waals surface area (Å²) < 4.78 is 0. The predicted molar refractivity (Wildman–Crippen MR) is 205 cm³/mol. The number of benzene rings is 1. The molecule has 2 aliphatic rings. The van der Waals surface area contributed by atoms with Crippen LogP contribution in [0, 0.1) is 11.8 Å². The Morgan fingerprint density at radius 1 is 0.821 bits per heavy atom. The van der Waals surface area contributed by atoms with Crippen LogP contribution in [0.5, 0.6) is 0 Å². The van der Waals surface area contributed by atoms with E-state index in [4.69, 9.17) is 0 Å². The lowest BCUT2D eigenvalue weighted by Gasteiger charge is -2.31. The van der Waals surface area contributed by atoms with E-state index >= 15 is 0 Å². The Bertz CT molecular complexity index is 1670. The third kappa shape index (κ3) is 11.8. The van der Waals surface area contributed by atoms with Crippen LogP contribution in [0.15, 0.2) is 42.9 Å². The molecule has 17 heteroatoms. The molecule has 1 aromatic heterocycles. The zero-order valence-corrected chi connectivity index (χ0v) is 32.8. The van der Waals surface area contributed by atoms with Gasteiger partial charge in [0.1, 0.15) is 36.3 Å². The number of rotatable bonds is 19. The Kier molecular flexibility index (Phi) is 15.9. The van der Waals surface area contributed by atoms with E-state index in [-0.39, 0.29) is 37.3 Å². The number of amides is 6. The minimum atomic E-state index is -1.22. The number of carboxylic acids is 1. The number of nitrogens with one attached hydrogen (secondary N) is 7. The Morgan fingerprint density at radius 2 is 1.54 bits per heavy atom. The molecule has 17 nitrogen and oxygen atoms in total. The number of carboxylic acid groups (broad SMARTS) is 1. The number of aromatic nitrogens is 2. The molecule has 8 atom stereocenters. The Morgan fingerprint density at radius 3 is 2.14 bits per heavy atom. The van der Waals surface area contributed by atoms with E-state index in [9.17, 15) is 38.7 Å². The SMILES string of the molecule is CC[C@H](C)[C@H](NC(=O)[C@H](C)NC(=O)[C@@H](NC(=O)[C@@H]1CCCN1)C(C)C)C(=O)N[C@@H](Cc1cnc[nH]1)C(=O)N1CCC[C@H]1C(=O)N[C@@H](Cc1ccccc1)C(=O)O. The summed E-state index contributed by atoms with van der Waals surface area (Å²) in [6.07, 6.45) is 5.79. The van der Waals surface area contributed by atoms with Gasteiger partial charge in [-0.25, -0.2) is 9.78 Å². The molecule has 1 aromatic carbocycles. The molecule has 0 bridgehead atoms. The molecule has 306 valence electrons. The number of hydrogen-bond donors (Lipinski definition) is 8. The zero-order valence-electron chi connectivity index (χ0n) is 32.8.